The zero-order valence-electron chi connectivity index (χ0n) is 12.4. The van der Waals surface area contributed by atoms with Crippen LogP contribution in [0.15, 0.2) is 24.3 Å². The molecule has 0 saturated carbocycles. The molecule has 0 saturated heterocycles. The molecule has 0 aromatic heterocycles. The van der Waals surface area contributed by atoms with Gasteiger partial charge < -0.3 is 15.7 Å². The number of fused-ring (bicyclic) bond motifs is 1. The molecule has 3 atom stereocenters. The van der Waals surface area contributed by atoms with Crippen LogP contribution in [0.1, 0.15) is 31.4 Å². The first-order valence-corrected chi connectivity index (χ1v) is 7.36. The van der Waals surface area contributed by atoms with Gasteiger partial charge in [-0.05, 0) is 23.5 Å². The maximum Gasteiger partial charge on any atom is 0.326 e. The van der Waals surface area contributed by atoms with Gasteiger partial charge in [0.05, 0.1) is 6.04 Å². The number of carboxylic acids is 1. The number of hydrogen-bond donors (Lipinski definition) is 3. The lowest BCUT2D eigenvalue weighted by Crippen LogP contribution is -2.54. The van der Waals surface area contributed by atoms with Crippen LogP contribution >= 0.6 is 0 Å². The summed E-state index contributed by atoms with van der Waals surface area (Å²) in [5.41, 5.74) is 2.34. The molecule has 3 N–H and O–H groups in total. The summed E-state index contributed by atoms with van der Waals surface area (Å²) < 4.78 is 0. The minimum atomic E-state index is -0.978. The van der Waals surface area contributed by atoms with E-state index in [1.807, 2.05) is 38.1 Å². The summed E-state index contributed by atoms with van der Waals surface area (Å²) in [6.07, 6.45) is 1.30. The minimum Gasteiger partial charge on any atom is -0.480 e. The van der Waals surface area contributed by atoms with Crippen LogP contribution in [-0.4, -0.2) is 29.1 Å². The second-order valence-electron chi connectivity index (χ2n) is 5.62. The largest absolute Gasteiger partial charge is 0.480 e. The number of amides is 1. The standard InChI is InChI=1S/C16H22N2O3/c1-3-10(2)14(16(20)21)18-15(19)13-8-11-6-4-5-7-12(11)9-17-13/h4-7,10,13-14,17H,3,8-9H2,1-2H3,(H,18,19)(H,20,21). The third kappa shape index (κ3) is 3.61. The molecule has 0 radical (unpaired) electrons. The monoisotopic (exact) mass is 290 g/mol. The van der Waals surface area contributed by atoms with Crippen molar-refractivity contribution in [2.45, 2.75) is 45.3 Å². The molecule has 1 aromatic rings. The molecule has 3 unspecified atom stereocenters. The van der Waals surface area contributed by atoms with Crippen molar-refractivity contribution in [2.24, 2.45) is 5.92 Å². The quantitative estimate of drug-likeness (QED) is 0.764. The fourth-order valence-corrected chi connectivity index (χ4v) is 2.58. The zero-order chi connectivity index (χ0) is 15.4. The number of nitrogens with one attached hydrogen (secondary N) is 2. The van der Waals surface area contributed by atoms with Crippen molar-refractivity contribution in [1.82, 2.24) is 10.6 Å². The number of aliphatic carboxylic acids is 1. The van der Waals surface area contributed by atoms with E-state index < -0.39 is 12.0 Å². The number of carboxylic acid groups (broad SMARTS) is 1. The van der Waals surface area contributed by atoms with Crippen LogP contribution in [0.5, 0.6) is 0 Å². The van der Waals surface area contributed by atoms with Crippen molar-refractivity contribution in [1.29, 1.82) is 0 Å². The Morgan fingerprint density at radius 1 is 1.38 bits per heavy atom. The Kier molecular flexibility index (Phi) is 4.96. The first kappa shape index (κ1) is 15.5. The molecule has 21 heavy (non-hydrogen) atoms. The molecule has 5 heteroatoms. The third-order valence-corrected chi connectivity index (χ3v) is 4.17. The van der Waals surface area contributed by atoms with Crippen molar-refractivity contribution >= 4 is 11.9 Å². The Morgan fingerprint density at radius 2 is 2.05 bits per heavy atom. The number of carbonyl (C=O) groups is 2. The lowest BCUT2D eigenvalue weighted by Gasteiger charge is -2.28. The van der Waals surface area contributed by atoms with E-state index in [-0.39, 0.29) is 17.9 Å². The van der Waals surface area contributed by atoms with Gasteiger partial charge in [0.1, 0.15) is 6.04 Å². The molecule has 1 aliphatic rings. The van der Waals surface area contributed by atoms with Gasteiger partial charge in [-0.3, -0.25) is 4.79 Å². The Morgan fingerprint density at radius 3 is 2.67 bits per heavy atom. The molecule has 0 bridgehead atoms. The van der Waals surface area contributed by atoms with Gasteiger partial charge in [-0.1, -0.05) is 44.5 Å². The first-order chi connectivity index (χ1) is 10.0. The predicted octanol–water partition coefficient (Wildman–Crippen LogP) is 1.32. The highest BCUT2D eigenvalue weighted by Crippen LogP contribution is 2.17. The Hall–Kier alpha value is -1.88. The van der Waals surface area contributed by atoms with Crippen molar-refractivity contribution in [3.05, 3.63) is 35.4 Å². The summed E-state index contributed by atoms with van der Waals surface area (Å²) in [6.45, 7) is 4.39. The van der Waals surface area contributed by atoms with Gasteiger partial charge in [0, 0.05) is 6.54 Å². The lowest BCUT2D eigenvalue weighted by atomic mass is 9.94. The van der Waals surface area contributed by atoms with Gasteiger partial charge in [0.15, 0.2) is 0 Å². The highest BCUT2D eigenvalue weighted by Gasteiger charge is 2.30. The zero-order valence-corrected chi connectivity index (χ0v) is 12.4. The van der Waals surface area contributed by atoms with Crippen molar-refractivity contribution in [2.75, 3.05) is 0 Å². The molecule has 1 aliphatic heterocycles. The molecule has 0 aliphatic carbocycles. The van der Waals surface area contributed by atoms with Crippen molar-refractivity contribution < 1.29 is 14.7 Å². The fourth-order valence-electron chi connectivity index (χ4n) is 2.58. The topological polar surface area (TPSA) is 78.4 Å². The van der Waals surface area contributed by atoms with Crippen LogP contribution in [0.25, 0.3) is 0 Å². The van der Waals surface area contributed by atoms with Crippen LogP contribution in [0, 0.1) is 5.92 Å². The smallest absolute Gasteiger partial charge is 0.326 e. The van der Waals surface area contributed by atoms with E-state index in [1.165, 1.54) is 5.56 Å². The number of benzene rings is 1. The summed E-state index contributed by atoms with van der Waals surface area (Å²) in [6, 6.07) is 6.78. The number of hydrogen-bond acceptors (Lipinski definition) is 3. The van der Waals surface area contributed by atoms with Gasteiger partial charge in [0.25, 0.3) is 0 Å². The van der Waals surface area contributed by atoms with Crippen LogP contribution in [0.2, 0.25) is 0 Å². The number of carbonyl (C=O) groups excluding carboxylic acids is 1. The molecule has 5 nitrogen and oxygen atoms in total. The summed E-state index contributed by atoms with van der Waals surface area (Å²) in [7, 11) is 0. The van der Waals surface area contributed by atoms with Gasteiger partial charge in [-0.25, -0.2) is 4.79 Å². The number of rotatable bonds is 5. The van der Waals surface area contributed by atoms with Gasteiger partial charge in [-0.2, -0.15) is 0 Å². The Balaban J connectivity index is 2.03. The summed E-state index contributed by atoms with van der Waals surface area (Å²) in [5.74, 6) is -1.31. The lowest BCUT2D eigenvalue weighted by molar-refractivity contribution is -0.143. The molecule has 1 heterocycles. The van der Waals surface area contributed by atoms with E-state index >= 15 is 0 Å². The van der Waals surface area contributed by atoms with E-state index in [4.69, 9.17) is 0 Å². The van der Waals surface area contributed by atoms with Crippen molar-refractivity contribution in [3.8, 4) is 0 Å². The molecule has 0 fully saturated rings. The highest BCUT2D eigenvalue weighted by atomic mass is 16.4. The minimum absolute atomic E-state index is 0.0951. The molecule has 1 aromatic carbocycles. The maximum atomic E-state index is 12.3. The van der Waals surface area contributed by atoms with Crippen molar-refractivity contribution in [3.63, 3.8) is 0 Å². The van der Waals surface area contributed by atoms with Crippen LogP contribution in [0.3, 0.4) is 0 Å². The average molecular weight is 290 g/mol. The molecule has 0 spiro atoms. The Labute approximate surface area is 124 Å². The maximum absolute atomic E-state index is 12.3. The highest BCUT2D eigenvalue weighted by molar-refractivity contribution is 5.87. The van der Waals surface area contributed by atoms with Crippen LogP contribution in [-0.2, 0) is 22.6 Å². The summed E-state index contributed by atoms with van der Waals surface area (Å²) in [5, 5.41) is 15.1. The second kappa shape index (κ2) is 6.72. The summed E-state index contributed by atoms with van der Waals surface area (Å²) >= 11 is 0. The molecular formula is C16H22N2O3. The van der Waals surface area contributed by atoms with Crippen LogP contribution < -0.4 is 10.6 Å². The fraction of sp³-hybridized carbons (Fsp3) is 0.500. The normalized spacial score (nSPS) is 20.2. The third-order valence-electron chi connectivity index (χ3n) is 4.17. The SMILES string of the molecule is CCC(C)C(NC(=O)C1Cc2ccccc2CN1)C(=O)O. The average Bonchev–Trinajstić information content (AvgIpc) is 2.50. The molecular weight excluding hydrogens is 268 g/mol. The van der Waals surface area contributed by atoms with E-state index in [0.717, 1.165) is 5.56 Å². The van der Waals surface area contributed by atoms with E-state index in [1.54, 1.807) is 0 Å². The van der Waals surface area contributed by atoms with Gasteiger partial charge in [-0.15, -0.1) is 0 Å². The Bertz CT molecular complexity index is 530. The van der Waals surface area contributed by atoms with Gasteiger partial charge >= 0.3 is 5.97 Å². The van der Waals surface area contributed by atoms with Gasteiger partial charge in [0.2, 0.25) is 5.91 Å². The molecule has 2 rings (SSSR count). The van der Waals surface area contributed by atoms with E-state index in [0.29, 0.717) is 19.4 Å². The second-order valence-corrected chi connectivity index (χ2v) is 5.62. The first-order valence-electron chi connectivity index (χ1n) is 7.36. The predicted molar refractivity (Wildman–Crippen MR) is 79.8 cm³/mol. The molecule has 1 amide bonds. The molecule has 114 valence electrons. The summed E-state index contributed by atoms with van der Waals surface area (Å²) in [4.78, 5) is 23.6. The van der Waals surface area contributed by atoms with E-state index in [2.05, 4.69) is 10.6 Å². The van der Waals surface area contributed by atoms with Crippen LogP contribution in [0.4, 0.5) is 0 Å². The van der Waals surface area contributed by atoms with E-state index in [9.17, 15) is 14.7 Å².